The van der Waals surface area contributed by atoms with Crippen LogP contribution in [-0.2, 0) is 20.1 Å². The molecule has 1 aromatic carbocycles. The molecule has 1 unspecified atom stereocenters. The second kappa shape index (κ2) is 7.97. The highest BCUT2D eigenvalue weighted by molar-refractivity contribution is 6.17. The van der Waals surface area contributed by atoms with Crippen LogP contribution in [-0.4, -0.2) is 22.6 Å². The van der Waals surface area contributed by atoms with Gasteiger partial charge in [0.2, 0.25) is 5.88 Å². The van der Waals surface area contributed by atoms with Gasteiger partial charge in [0, 0.05) is 23.3 Å². The number of esters is 1. The van der Waals surface area contributed by atoms with Gasteiger partial charge in [-0.15, -0.1) is 11.6 Å². The molecule has 27 heavy (non-hydrogen) atoms. The normalized spacial score (nSPS) is 16.6. The Morgan fingerprint density at radius 2 is 2.22 bits per heavy atom. The van der Waals surface area contributed by atoms with E-state index in [1.807, 2.05) is 6.07 Å². The first-order valence-electron chi connectivity index (χ1n) is 7.78. The van der Waals surface area contributed by atoms with E-state index in [-0.39, 0.29) is 57.8 Å². The number of nitrogens with zero attached hydrogens (tertiary/aromatic N) is 2. The third-order valence-corrected chi connectivity index (χ3v) is 4.26. The highest BCUT2D eigenvalue weighted by Crippen LogP contribution is 2.45. The Hall–Kier alpha value is -3.25. The molecule has 9 nitrogen and oxygen atoms in total. The number of ether oxygens (including phenoxy) is 2. The van der Waals surface area contributed by atoms with Crippen LogP contribution < -0.4 is 5.73 Å². The first kappa shape index (κ1) is 20.1. The van der Waals surface area contributed by atoms with Gasteiger partial charge in [-0.25, -0.2) is 4.79 Å². The minimum Gasteiger partial charge on any atom is -0.507 e. The number of benzene rings is 1. The largest absolute Gasteiger partial charge is 0.507 e. The van der Waals surface area contributed by atoms with E-state index in [1.54, 1.807) is 6.92 Å². The maximum Gasteiger partial charge on any atom is 0.338 e. The Kier molecular flexibility index (Phi) is 5.92. The van der Waals surface area contributed by atoms with Crippen molar-refractivity contribution >= 4 is 23.3 Å². The van der Waals surface area contributed by atoms with Gasteiger partial charge in [-0.05, 0) is 13.8 Å². The number of halogens is 1. The van der Waals surface area contributed by atoms with Gasteiger partial charge in [0.15, 0.2) is 0 Å². The third kappa shape index (κ3) is 3.66. The number of hydrogen-bond donors (Lipinski definition) is 2. The predicted molar refractivity (Wildman–Crippen MR) is 94.3 cm³/mol. The number of hydrogen-bond acceptors (Lipinski definition) is 8. The summed E-state index contributed by atoms with van der Waals surface area (Å²) in [6.07, 6.45) is 0. The summed E-state index contributed by atoms with van der Waals surface area (Å²) in [6, 6.07) is 4.02. The molecule has 1 aliphatic heterocycles. The van der Waals surface area contributed by atoms with Crippen LogP contribution in [0.1, 0.15) is 30.9 Å². The zero-order valence-corrected chi connectivity index (χ0v) is 15.2. The Bertz CT molecular complexity index is 916. The van der Waals surface area contributed by atoms with Gasteiger partial charge in [0.25, 0.3) is 5.69 Å². The van der Waals surface area contributed by atoms with Crippen molar-refractivity contribution in [2.24, 2.45) is 5.73 Å². The van der Waals surface area contributed by atoms with Crippen molar-refractivity contribution in [3.05, 3.63) is 56.2 Å². The summed E-state index contributed by atoms with van der Waals surface area (Å²) in [5.41, 5.74) is 5.15. The topological polar surface area (TPSA) is 149 Å². The molecule has 2 rings (SSSR count). The fraction of sp³-hybridized carbons (Fsp3) is 0.294. The zero-order valence-electron chi connectivity index (χ0n) is 14.5. The fourth-order valence-corrected chi connectivity index (χ4v) is 3.00. The van der Waals surface area contributed by atoms with E-state index in [0.717, 1.165) is 12.1 Å². The molecule has 0 bridgehead atoms. The molecule has 1 aromatic rings. The molecule has 0 fully saturated rings. The van der Waals surface area contributed by atoms with E-state index in [2.05, 4.69) is 0 Å². The number of non-ortho nitro benzene ring substituents is 1. The highest BCUT2D eigenvalue weighted by Gasteiger charge is 2.39. The van der Waals surface area contributed by atoms with Crippen molar-refractivity contribution in [2.45, 2.75) is 25.6 Å². The summed E-state index contributed by atoms with van der Waals surface area (Å²) in [7, 11) is 0. The third-order valence-electron chi connectivity index (χ3n) is 3.97. The summed E-state index contributed by atoms with van der Waals surface area (Å²) in [4.78, 5) is 23.1. The number of rotatable bonds is 5. The molecule has 10 heteroatoms. The van der Waals surface area contributed by atoms with Crippen molar-refractivity contribution in [1.29, 1.82) is 5.26 Å². The fourth-order valence-electron chi connectivity index (χ4n) is 2.79. The molecule has 0 amide bonds. The molecule has 0 radical (unpaired) electrons. The van der Waals surface area contributed by atoms with Crippen LogP contribution >= 0.6 is 11.6 Å². The lowest BCUT2D eigenvalue weighted by atomic mass is 9.81. The first-order chi connectivity index (χ1) is 12.8. The summed E-state index contributed by atoms with van der Waals surface area (Å²) >= 11 is 5.78. The minimum absolute atomic E-state index is 0.0528. The molecule has 0 aromatic heterocycles. The summed E-state index contributed by atoms with van der Waals surface area (Å²) in [6.45, 7) is 3.09. The van der Waals surface area contributed by atoms with Gasteiger partial charge < -0.3 is 20.3 Å². The molecule has 0 saturated heterocycles. The monoisotopic (exact) mass is 393 g/mol. The van der Waals surface area contributed by atoms with Crippen LogP contribution in [0.3, 0.4) is 0 Å². The van der Waals surface area contributed by atoms with E-state index in [9.17, 15) is 25.3 Å². The van der Waals surface area contributed by atoms with Gasteiger partial charge in [0.1, 0.15) is 23.2 Å². The van der Waals surface area contributed by atoms with Crippen molar-refractivity contribution in [3.8, 4) is 11.8 Å². The molecule has 3 N–H and O–H groups in total. The number of nitro groups is 1. The Morgan fingerprint density at radius 3 is 2.74 bits per heavy atom. The number of phenols is 1. The van der Waals surface area contributed by atoms with E-state index < -0.39 is 16.8 Å². The average molecular weight is 394 g/mol. The average Bonchev–Trinajstić information content (AvgIpc) is 2.61. The summed E-state index contributed by atoms with van der Waals surface area (Å²) in [5, 5.41) is 31.4. The highest BCUT2D eigenvalue weighted by atomic mass is 35.5. The van der Waals surface area contributed by atoms with E-state index in [1.165, 1.54) is 6.92 Å². The number of nitrogens with two attached hydrogens (primary N) is 1. The molecular weight excluding hydrogens is 378 g/mol. The van der Waals surface area contributed by atoms with E-state index in [4.69, 9.17) is 26.8 Å². The van der Waals surface area contributed by atoms with Crippen LogP contribution in [0.15, 0.2) is 34.9 Å². The second-order valence-electron chi connectivity index (χ2n) is 5.55. The maximum atomic E-state index is 12.5. The minimum atomic E-state index is -1.20. The van der Waals surface area contributed by atoms with Crippen molar-refractivity contribution < 1.29 is 24.3 Å². The lowest BCUT2D eigenvalue weighted by Crippen LogP contribution is -2.25. The maximum absolute atomic E-state index is 12.5. The number of aromatic hydroxyl groups is 1. The number of phenolic OH excluding ortho intramolecular Hbond substituents is 1. The zero-order chi connectivity index (χ0) is 20.3. The SMILES string of the molecule is CCOC(=O)C1=C(C)OC(N)=C(C#N)C1c1cc([N+](=O)[O-])cc(CCl)c1O. The smallest absolute Gasteiger partial charge is 0.338 e. The molecule has 142 valence electrons. The van der Waals surface area contributed by atoms with E-state index >= 15 is 0 Å². The van der Waals surface area contributed by atoms with Crippen molar-refractivity contribution in [1.82, 2.24) is 0 Å². The summed E-state index contributed by atoms with van der Waals surface area (Å²) < 4.78 is 10.3. The van der Waals surface area contributed by atoms with Crippen LogP contribution in [0.2, 0.25) is 0 Å². The van der Waals surface area contributed by atoms with Gasteiger partial charge >= 0.3 is 5.97 Å². The molecule has 0 saturated carbocycles. The molecule has 0 aliphatic carbocycles. The lowest BCUT2D eigenvalue weighted by molar-refractivity contribution is -0.385. The van der Waals surface area contributed by atoms with Crippen molar-refractivity contribution in [2.75, 3.05) is 6.61 Å². The lowest BCUT2D eigenvalue weighted by Gasteiger charge is -2.27. The standard InChI is InChI=1S/C17H16ClN3O6/c1-3-26-17(23)13-8(2)27-16(20)12(7-19)14(13)11-5-10(21(24)25)4-9(6-18)15(11)22/h4-5,14,22H,3,6,20H2,1-2H3. The molecule has 0 spiro atoms. The van der Waals surface area contributed by atoms with Crippen LogP contribution in [0.5, 0.6) is 5.75 Å². The molecule has 1 atom stereocenters. The van der Waals surface area contributed by atoms with E-state index in [0.29, 0.717) is 0 Å². The van der Waals surface area contributed by atoms with Crippen molar-refractivity contribution in [3.63, 3.8) is 0 Å². The number of carbonyl (C=O) groups is 1. The Morgan fingerprint density at radius 1 is 1.56 bits per heavy atom. The second-order valence-corrected chi connectivity index (χ2v) is 5.82. The quantitative estimate of drug-likeness (QED) is 0.335. The summed E-state index contributed by atoms with van der Waals surface area (Å²) in [5.74, 6) is -2.80. The van der Waals surface area contributed by atoms with Gasteiger partial charge in [0.05, 0.1) is 28.9 Å². The first-order valence-corrected chi connectivity index (χ1v) is 8.31. The Labute approximate surface area is 159 Å². The molecular formula is C17H16ClN3O6. The number of carbonyl (C=O) groups excluding carboxylic acids is 1. The number of nitriles is 1. The van der Waals surface area contributed by atoms with Gasteiger partial charge in [-0.1, -0.05) is 0 Å². The Balaban J connectivity index is 2.82. The van der Waals surface area contributed by atoms with Crippen LogP contribution in [0, 0.1) is 21.4 Å². The number of nitro benzene ring substituents is 1. The number of allylic oxidation sites excluding steroid dienone is 2. The predicted octanol–water partition coefficient (Wildman–Crippen LogP) is 2.68. The van der Waals surface area contributed by atoms with Gasteiger partial charge in [-0.3, -0.25) is 10.1 Å². The number of alkyl halides is 1. The molecule has 1 aliphatic rings. The molecule has 1 heterocycles. The van der Waals surface area contributed by atoms with Gasteiger partial charge in [-0.2, -0.15) is 5.26 Å². The van der Waals surface area contributed by atoms with Crippen LogP contribution in [0.25, 0.3) is 0 Å². The van der Waals surface area contributed by atoms with Crippen LogP contribution in [0.4, 0.5) is 5.69 Å².